The molecule has 1 aromatic heterocycles. The molecule has 2 aliphatic rings. The topological polar surface area (TPSA) is 41.3 Å². The summed E-state index contributed by atoms with van der Waals surface area (Å²) in [6.07, 6.45) is 4.58. The quantitative estimate of drug-likeness (QED) is 0.858. The van der Waals surface area contributed by atoms with Crippen molar-refractivity contribution in [3.8, 4) is 11.3 Å². The maximum absolute atomic E-state index is 10.5. The van der Waals surface area contributed by atoms with Gasteiger partial charge in [0, 0.05) is 18.0 Å². The second kappa shape index (κ2) is 4.43. The lowest BCUT2D eigenvalue weighted by Crippen LogP contribution is -2.44. The number of aliphatic hydroxyl groups is 1. The van der Waals surface area contributed by atoms with Gasteiger partial charge in [0.2, 0.25) is 0 Å². The van der Waals surface area contributed by atoms with Crippen molar-refractivity contribution in [2.75, 3.05) is 20.1 Å². The van der Waals surface area contributed by atoms with Gasteiger partial charge in [0.1, 0.15) is 0 Å². The predicted molar refractivity (Wildman–Crippen MR) is 77.4 cm³/mol. The van der Waals surface area contributed by atoms with Crippen molar-refractivity contribution >= 4 is 0 Å². The van der Waals surface area contributed by atoms with Gasteiger partial charge in [-0.2, -0.15) is 0 Å². The van der Waals surface area contributed by atoms with Gasteiger partial charge in [-0.25, -0.2) is 4.98 Å². The third kappa shape index (κ3) is 1.65. The number of imidazole rings is 1. The number of benzene rings is 1. The number of nitrogens with zero attached hydrogens (tertiary/aromatic N) is 3. The molecule has 0 spiro atoms. The van der Waals surface area contributed by atoms with Crippen LogP contribution in [0.1, 0.15) is 18.0 Å². The number of rotatable bonds is 1. The van der Waals surface area contributed by atoms with Crippen LogP contribution < -0.4 is 0 Å². The summed E-state index contributed by atoms with van der Waals surface area (Å²) in [6, 6.07) is 8.74. The fourth-order valence-corrected chi connectivity index (χ4v) is 3.79. The standard InChI is InChI=1S/C16H19N3O/c1-18-7-6-13(15(20)9-18)16-12-5-3-2-4-11(12)14-8-17-10-19(14)16/h2-5,8,10,13,15-16,20H,6-7,9H2,1H3/t13?,15?,16-/m1/s1. The van der Waals surface area contributed by atoms with Crippen LogP contribution in [0.2, 0.25) is 0 Å². The highest BCUT2D eigenvalue weighted by atomic mass is 16.3. The summed E-state index contributed by atoms with van der Waals surface area (Å²) in [6.45, 7) is 1.80. The number of hydrogen-bond acceptors (Lipinski definition) is 3. The summed E-state index contributed by atoms with van der Waals surface area (Å²) in [5.41, 5.74) is 3.77. The minimum Gasteiger partial charge on any atom is -0.391 e. The van der Waals surface area contributed by atoms with Crippen LogP contribution in [0.5, 0.6) is 0 Å². The van der Waals surface area contributed by atoms with Crippen molar-refractivity contribution in [3.05, 3.63) is 42.4 Å². The molecule has 2 aliphatic heterocycles. The molecule has 1 fully saturated rings. The lowest BCUT2D eigenvalue weighted by atomic mass is 9.83. The minimum absolute atomic E-state index is 0.229. The fourth-order valence-electron chi connectivity index (χ4n) is 3.79. The molecule has 3 heterocycles. The number of aliphatic hydroxyl groups excluding tert-OH is 1. The molecule has 4 rings (SSSR count). The van der Waals surface area contributed by atoms with Crippen molar-refractivity contribution in [2.24, 2.45) is 5.92 Å². The van der Waals surface area contributed by atoms with E-state index in [1.54, 1.807) is 0 Å². The molecule has 20 heavy (non-hydrogen) atoms. The lowest BCUT2D eigenvalue weighted by Gasteiger charge is -2.37. The number of β-amino-alcohol motifs (C(OH)–C–C–N with tert-alkyl or cyclic N) is 1. The van der Waals surface area contributed by atoms with E-state index in [0.29, 0.717) is 0 Å². The Morgan fingerprint density at radius 2 is 2.15 bits per heavy atom. The zero-order chi connectivity index (χ0) is 13.7. The Labute approximate surface area is 118 Å². The van der Waals surface area contributed by atoms with Gasteiger partial charge in [-0.3, -0.25) is 0 Å². The van der Waals surface area contributed by atoms with E-state index in [4.69, 9.17) is 0 Å². The number of likely N-dealkylation sites (tertiary alicyclic amines) is 1. The zero-order valence-electron chi connectivity index (χ0n) is 11.6. The summed E-state index contributed by atoms with van der Waals surface area (Å²) in [5.74, 6) is 0.266. The van der Waals surface area contributed by atoms with Crippen molar-refractivity contribution < 1.29 is 5.11 Å². The van der Waals surface area contributed by atoms with Gasteiger partial charge in [-0.1, -0.05) is 24.3 Å². The molecule has 4 heteroatoms. The molecule has 0 radical (unpaired) electrons. The molecule has 1 saturated heterocycles. The summed E-state index contributed by atoms with van der Waals surface area (Å²) in [7, 11) is 2.07. The molecule has 2 unspecified atom stereocenters. The molecule has 0 amide bonds. The highest BCUT2D eigenvalue weighted by Crippen LogP contribution is 2.45. The molecule has 2 aromatic rings. The summed E-state index contributed by atoms with van der Waals surface area (Å²) >= 11 is 0. The monoisotopic (exact) mass is 269 g/mol. The summed E-state index contributed by atoms with van der Waals surface area (Å²) in [4.78, 5) is 6.50. The van der Waals surface area contributed by atoms with Gasteiger partial charge in [0.25, 0.3) is 0 Å². The fraction of sp³-hybridized carbons (Fsp3) is 0.438. The highest BCUT2D eigenvalue weighted by Gasteiger charge is 2.39. The second-order valence-electron chi connectivity index (χ2n) is 6.00. The van der Waals surface area contributed by atoms with Crippen LogP contribution in [0, 0.1) is 5.92 Å². The summed E-state index contributed by atoms with van der Waals surface area (Å²) < 4.78 is 2.24. The van der Waals surface area contributed by atoms with Gasteiger partial charge in [0.05, 0.1) is 30.4 Å². The molecular formula is C16H19N3O. The van der Waals surface area contributed by atoms with Crippen LogP contribution >= 0.6 is 0 Å². The Bertz CT molecular complexity index is 636. The first-order valence-electron chi connectivity index (χ1n) is 7.23. The molecule has 0 saturated carbocycles. The molecular weight excluding hydrogens is 250 g/mol. The maximum atomic E-state index is 10.5. The largest absolute Gasteiger partial charge is 0.391 e. The van der Waals surface area contributed by atoms with Crippen LogP contribution in [0.25, 0.3) is 11.3 Å². The normalized spacial score (nSPS) is 29.2. The molecule has 1 aromatic carbocycles. The van der Waals surface area contributed by atoms with E-state index in [-0.39, 0.29) is 18.1 Å². The first-order chi connectivity index (χ1) is 9.75. The van der Waals surface area contributed by atoms with E-state index >= 15 is 0 Å². The molecule has 1 N–H and O–H groups in total. The van der Waals surface area contributed by atoms with E-state index in [0.717, 1.165) is 19.5 Å². The van der Waals surface area contributed by atoms with Crippen molar-refractivity contribution in [3.63, 3.8) is 0 Å². The van der Waals surface area contributed by atoms with Gasteiger partial charge in [-0.15, -0.1) is 0 Å². The Morgan fingerprint density at radius 1 is 1.30 bits per heavy atom. The van der Waals surface area contributed by atoms with E-state index in [1.165, 1.54) is 16.8 Å². The molecule has 104 valence electrons. The maximum Gasteiger partial charge on any atom is 0.0956 e. The Hall–Kier alpha value is -1.65. The average Bonchev–Trinajstić information content (AvgIpc) is 3.00. The third-order valence-corrected chi connectivity index (χ3v) is 4.76. The smallest absolute Gasteiger partial charge is 0.0956 e. The lowest BCUT2D eigenvalue weighted by molar-refractivity contribution is 0.0166. The average molecular weight is 269 g/mol. The van der Waals surface area contributed by atoms with Crippen LogP contribution in [-0.2, 0) is 0 Å². The molecule has 0 bridgehead atoms. The molecule has 4 nitrogen and oxygen atoms in total. The Morgan fingerprint density at radius 3 is 3.00 bits per heavy atom. The summed E-state index contributed by atoms with van der Waals surface area (Å²) in [5, 5.41) is 10.5. The van der Waals surface area contributed by atoms with Crippen molar-refractivity contribution in [1.29, 1.82) is 0 Å². The van der Waals surface area contributed by atoms with E-state index in [9.17, 15) is 5.11 Å². The van der Waals surface area contributed by atoms with Gasteiger partial charge in [0.15, 0.2) is 0 Å². The Kier molecular flexibility index (Phi) is 2.69. The highest BCUT2D eigenvalue weighted by molar-refractivity contribution is 5.69. The Balaban J connectivity index is 1.79. The van der Waals surface area contributed by atoms with Crippen LogP contribution in [-0.4, -0.2) is 45.8 Å². The first kappa shape index (κ1) is 12.1. The third-order valence-electron chi connectivity index (χ3n) is 4.76. The van der Waals surface area contributed by atoms with Crippen molar-refractivity contribution in [1.82, 2.24) is 14.5 Å². The first-order valence-corrected chi connectivity index (χ1v) is 7.23. The van der Waals surface area contributed by atoms with Crippen LogP contribution in [0.3, 0.4) is 0 Å². The molecule has 0 aliphatic carbocycles. The van der Waals surface area contributed by atoms with Gasteiger partial charge < -0.3 is 14.6 Å². The van der Waals surface area contributed by atoms with Crippen LogP contribution in [0.4, 0.5) is 0 Å². The predicted octanol–water partition coefficient (Wildman–Crippen LogP) is 1.77. The van der Waals surface area contributed by atoms with E-state index in [1.807, 2.05) is 12.5 Å². The minimum atomic E-state index is -0.278. The van der Waals surface area contributed by atoms with E-state index < -0.39 is 0 Å². The van der Waals surface area contributed by atoms with Gasteiger partial charge >= 0.3 is 0 Å². The number of likely N-dealkylation sites (N-methyl/N-ethyl adjacent to an activating group) is 1. The van der Waals surface area contributed by atoms with Crippen LogP contribution in [0.15, 0.2) is 36.8 Å². The molecule has 3 atom stereocenters. The number of aromatic nitrogens is 2. The van der Waals surface area contributed by atoms with Gasteiger partial charge in [-0.05, 0) is 25.6 Å². The van der Waals surface area contributed by atoms with E-state index in [2.05, 4.69) is 45.8 Å². The number of fused-ring (bicyclic) bond motifs is 3. The SMILES string of the molecule is CN1CCC([C@H]2c3ccccc3-c3cncn32)C(O)C1. The number of hydrogen-bond donors (Lipinski definition) is 1. The van der Waals surface area contributed by atoms with Crippen molar-refractivity contribution in [2.45, 2.75) is 18.6 Å². The number of piperidine rings is 1. The zero-order valence-corrected chi connectivity index (χ0v) is 11.6. The second-order valence-corrected chi connectivity index (χ2v) is 6.00.